The summed E-state index contributed by atoms with van der Waals surface area (Å²) < 4.78 is 0. The van der Waals surface area contributed by atoms with Crippen LogP contribution in [0, 0.1) is 0 Å². The smallest absolute Gasteiger partial charge is 0.250 e. The summed E-state index contributed by atoms with van der Waals surface area (Å²) in [6, 6.07) is 13.9. The van der Waals surface area contributed by atoms with Gasteiger partial charge in [-0.3, -0.25) is 9.59 Å². The van der Waals surface area contributed by atoms with E-state index >= 15 is 0 Å². The average molecular weight is 389 g/mol. The standard InChI is InChI=1S/C22H19N3O2S/c1-2-22(27)25-12-15-5-3-4-6-19(15)28-20(13-25)17-11-24-18-8-7-14(9-16(17)18)10-21(23)26/h2-9,11,13,24H,1,10,12H2,(H2,23,26). The lowest BCUT2D eigenvalue weighted by atomic mass is 10.1. The summed E-state index contributed by atoms with van der Waals surface area (Å²) in [7, 11) is 0. The quantitative estimate of drug-likeness (QED) is 0.666. The first-order valence-corrected chi connectivity index (χ1v) is 9.66. The van der Waals surface area contributed by atoms with Gasteiger partial charge in [-0.1, -0.05) is 42.6 Å². The molecule has 140 valence electrons. The van der Waals surface area contributed by atoms with Crippen LogP contribution in [0.5, 0.6) is 0 Å². The number of hydrogen-bond donors (Lipinski definition) is 2. The van der Waals surface area contributed by atoms with Gasteiger partial charge in [0, 0.05) is 38.7 Å². The zero-order valence-corrected chi connectivity index (χ0v) is 16.0. The normalized spacial score (nSPS) is 13.6. The van der Waals surface area contributed by atoms with Gasteiger partial charge < -0.3 is 15.6 Å². The highest BCUT2D eigenvalue weighted by Gasteiger charge is 2.21. The van der Waals surface area contributed by atoms with Gasteiger partial charge in [-0.25, -0.2) is 0 Å². The molecule has 2 aromatic carbocycles. The number of carbonyl (C=O) groups is 2. The Morgan fingerprint density at radius 1 is 1.25 bits per heavy atom. The third-order valence-corrected chi connectivity index (χ3v) is 5.82. The molecule has 0 saturated heterocycles. The van der Waals surface area contributed by atoms with E-state index in [1.54, 1.807) is 16.7 Å². The summed E-state index contributed by atoms with van der Waals surface area (Å²) in [6.07, 6.45) is 5.32. The number of benzene rings is 2. The van der Waals surface area contributed by atoms with Crippen LogP contribution in [0.15, 0.2) is 72.4 Å². The summed E-state index contributed by atoms with van der Waals surface area (Å²) in [6.45, 7) is 4.11. The lowest BCUT2D eigenvalue weighted by Gasteiger charge is -2.16. The molecule has 0 bridgehead atoms. The topological polar surface area (TPSA) is 79.2 Å². The van der Waals surface area contributed by atoms with Crippen molar-refractivity contribution in [3.63, 3.8) is 0 Å². The lowest BCUT2D eigenvalue weighted by molar-refractivity contribution is -0.124. The van der Waals surface area contributed by atoms with E-state index in [1.807, 2.05) is 48.8 Å². The van der Waals surface area contributed by atoms with Gasteiger partial charge in [-0.05, 0) is 35.4 Å². The van der Waals surface area contributed by atoms with E-state index in [0.29, 0.717) is 6.54 Å². The summed E-state index contributed by atoms with van der Waals surface area (Å²) in [5.74, 6) is -0.514. The first-order chi connectivity index (χ1) is 13.5. The number of aromatic nitrogens is 1. The molecule has 1 aromatic heterocycles. The second-order valence-electron chi connectivity index (χ2n) is 6.60. The summed E-state index contributed by atoms with van der Waals surface area (Å²) in [4.78, 5) is 30.7. The molecular weight excluding hydrogens is 370 g/mol. The molecule has 1 aliphatic heterocycles. The number of nitrogens with zero attached hydrogens (tertiary/aromatic N) is 1. The van der Waals surface area contributed by atoms with Crippen molar-refractivity contribution in [1.29, 1.82) is 0 Å². The Bertz CT molecular complexity index is 1130. The van der Waals surface area contributed by atoms with Crippen molar-refractivity contribution in [1.82, 2.24) is 9.88 Å². The number of rotatable bonds is 4. The molecule has 5 nitrogen and oxygen atoms in total. The first kappa shape index (κ1) is 18.1. The van der Waals surface area contributed by atoms with Crippen molar-refractivity contribution < 1.29 is 9.59 Å². The van der Waals surface area contributed by atoms with Crippen molar-refractivity contribution >= 4 is 39.4 Å². The minimum atomic E-state index is -0.365. The van der Waals surface area contributed by atoms with Gasteiger partial charge in [-0.15, -0.1) is 0 Å². The Labute approximate surface area is 166 Å². The van der Waals surface area contributed by atoms with Gasteiger partial charge in [-0.2, -0.15) is 0 Å². The second-order valence-corrected chi connectivity index (χ2v) is 7.68. The molecule has 0 spiro atoms. The fraction of sp³-hybridized carbons (Fsp3) is 0.0909. The summed E-state index contributed by atoms with van der Waals surface area (Å²) in [5, 5.41) is 0.989. The Morgan fingerprint density at radius 2 is 2.07 bits per heavy atom. The molecular formula is C22H19N3O2S. The molecule has 1 aliphatic rings. The van der Waals surface area contributed by atoms with Crippen molar-refractivity contribution in [2.24, 2.45) is 5.73 Å². The number of nitrogens with one attached hydrogen (secondary N) is 1. The number of fused-ring (bicyclic) bond motifs is 2. The van der Waals surface area contributed by atoms with Gasteiger partial charge in [0.1, 0.15) is 0 Å². The van der Waals surface area contributed by atoms with Crippen LogP contribution >= 0.6 is 11.8 Å². The monoisotopic (exact) mass is 389 g/mol. The van der Waals surface area contributed by atoms with Gasteiger partial charge in [0.05, 0.1) is 13.0 Å². The van der Waals surface area contributed by atoms with Crippen LogP contribution in [0.1, 0.15) is 16.7 Å². The molecule has 0 unspecified atom stereocenters. The molecule has 0 atom stereocenters. The number of nitrogens with two attached hydrogens (primary N) is 1. The number of aromatic amines is 1. The Morgan fingerprint density at radius 3 is 2.86 bits per heavy atom. The van der Waals surface area contributed by atoms with Gasteiger partial charge >= 0.3 is 0 Å². The molecule has 0 saturated carbocycles. The number of H-pyrrole nitrogens is 1. The van der Waals surface area contributed by atoms with E-state index < -0.39 is 0 Å². The second kappa shape index (κ2) is 7.40. The number of carbonyl (C=O) groups excluding carboxylic acids is 2. The summed E-state index contributed by atoms with van der Waals surface area (Å²) >= 11 is 1.62. The molecule has 0 radical (unpaired) electrons. The molecule has 2 amide bonds. The molecule has 28 heavy (non-hydrogen) atoms. The van der Waals surface area contributed by atoms with Crippen LogP contribution in [0.3, 0.4) is 0 Å². The molecule has 3 N–H and O–H groups in total. The zero-order valence-electron chi connectivity index (χ0n) is 15.1. The van der Waals surface area contributed by atoms with E-state index in [0.717, 1.165) is 37.4 Å². The van der Waals surface area contributed by atoms with E-state index in [4.69, 9.17) is 5.73 Å². The minimum absolute atomic E-state index is 0.149. The maximum absolute atomic E-state index is 12.4. The van der Waals surface area contributed by atoms with Gasteiger partial charge in [0.15, 0.2) is 0 Å². The minimum Gasteiger partial charge on any atom is -0.369 e. The highest BCUT2D eigenvalue weighted by atomic mass is 32.2. The molecule has 3 aromatic rings. The highest BCUT2D eigenvalue weighted by molar-refractivity contribution is 8.08. The predicted molar refractivity (Wildman–Crippen MR) is 112 cm³/mol. The number of amides is 2. The lowest BCUT2D eigenvalue weighted by Crippen LogP contribution is -2.22. The van der Waals surface area contributed by atoms with Crippen molar-refractivity contribution in [3.05, 3.63) is 84.2 Å². The van der Waals surface area contributed by atoms with Crippen LogP contribution in [0.2, 0.25) is 0 Å². The van der Waals surface area contributed by atoms with E-state index in [-0.39, 0.29) is 18.2 Å². The maximum atomic E-state index is 12.4. The Kier molecular flexibility index (Phi) is 4.79. The first-order valence-electron chi connectivity index (χ1n) is 8.84. The van der Waals surface area contributed by atoms with Gasteiger partial charge in [0.2, 0.25) is 11.8 Å². The maximum Gasteiger partial charge on any atom is 0.250 e. The average Bonchev–Trinajstić information content (AvgIpc) is 2.99. The number of primary amides is 1. The molecule has 2 heterocycles. The van der Waals surface area contributed by atoms with Crippen LogP contribution in [-0.4, -0.2) is 21.7 Å². The number of thioether (sulfide) groups is 1. The van der Waals surface area contributed by atoms with Crippen molar-refractivity contribution in [3.8, 4) is 0 Å². The van der Waals surface area contributed by atoms with E-state index in [1.165, 1.54) is 6.08 Å². The fourth-order valence-corrected chi connectivity index (χ4v) is 4.42. The Hall–Kier alpha value is -3.25. The van der Waals surface area contributed by atoms with E-state index in [9.17, 15) is 9.59 Å². The predicted octanol–water partition coefficient (Wildman–Crippen LogP) is 3.81. The molecule has 6 heteroatoms. The fourth-order valence-electron chi connectivity index (χ4n) is 3.32. The third kappa shape index (κ3) is 3.46. The van der Waals surface area contributed by atoms with Crippen molar-refractivity contribution in [2.45, 2.75) is 17.9 Å². The van der Waals surface area contributed by atoms with Crippen LogP contribution < -0.4 is 5.73 Å². The highest BCUT2D eigenvalue weighted by Crippen LogP contribution is 2.41. The largest absolute Gasteiger partial charge is 0.369 e. The molecule has 0 aliphatic carbocycles. The van der Waals surface area contributed by atoms with Crippen LogP contribution in [-0.2, 0) is 22.6 Å². The van der Waals surface area contributed by atoms with Gasteiger partial charge in [0.25, 0.3) is 0 Å². The SMILES string of the molecule is C=CC(=O)N1C=C(c2c[nH]c3ccc(CC(N)=O)cc23)Sc2ccccc2C1. The molecule has 0 fully saturated rings. The molecule has 4 rings (SSSR count). The van der Waals surface area contributed by atoms with Crippen molar-refractivity contribution in [2.75, 3.05) is 0 Å². The zero-order chi connectivity index (χ0) is 19.7. The Balaban J connectivity index is 1.84. The third-order valence-electron chi connectivity index (χ3n) is 4.65. The number of hydrogen-bond acceptors (Lipinski definition) is 3. The van der Waals surface area contributed by atoms with E-state index in [2.05, 4.69) is 17.6 Å². The van der Waals surface area contributed by atoms with Crippen LogP contribution in [0.4, 0.5) is 0 Å². The summed E-state index contributed by atoms with van der Waals surface area (Å²) in [5.41, 5.74) is 9.24. The van der Waals surface area contributed by atoms with Crippen LogP contribution in [0.25, 0.3) is 15.8 Å².